The van der Waals surface area contributed by atoms with Crippen molar-refractivity contribution in [3.05, 3.63) is 12.2 Å². The topological polar surface area (TPSA) is 131 Å². The Morgan fingerprint density at radius 2 is 2.05 bits per heavy atom. The van der Waals surface area contributed by atoms with Gasteiger partial charge in [0.25, 0.3) is 0 Å². The Hall–Kier alpha value is -1.93. The van der Waals surface area contributed by atoms with Crippen molar-refractivity contribution in [1.29, 1.82) is 0 Å². The number of esters is 1. The highest BCUT2D eigenvalue weighted by atomic mass is 16.5. The molecule has 0 radical (unpaired) electrons. The van der Waals surface area contributed by atoms with E-state index in [-0.39, 0.29) is 31.6 Å². The highest BCUT2D eigenvalue weighted by Crippen LogP contribution is 1.96. The Kier molecular flexibility index (Phi) is 8.14. The van der Waals surface area contributed by atoms with Crippen molar-refractivity contribution in [3.63, 3.8) is 0 Å². The molecule has 1 atom stereocenters. The highest BCUT2D eigenvalue weighted by Gasteiger charge is 2.17. The predicted molar refractivity (Wildman–Crippen MR) is 66.8 cm³/mol. The zero-order valence-electron chi connectivity index (χ0n) is 10.8. The molecular weight excluding hydrogens is 254 g/mol. The summed E-state index contributed by atoms with van der Waals surface area (Å²) in [5.74, 6) is -2.18. The number of carboxylic acids is 1. The number of nitrogens with one attached hydrogen (secondary N) is 2. The van der Waals surface area contributed by atoms with Gasteiger partial charge in [0.2, 0.25) is 5.91 Å². The van der Waals surface area contributed by atoms with Crippen molar-refractivity contribution in [2.45, 2.75) is 25.8 Å². The van der Waals surface area contributed by atoms with Crippen LogP contribution in [0.15, 0.2) is 12.2 Å². The fourth-order valence-corrected chi connectivity index (χ4v) is 1.06. The number of primary amides is 1. The van der Waals surface area contributed by atoms with Crippen LogP contribution in [0, 0.1) is 0 Å². The summed E-state index contributed by atoms with van der Waals surface area (Å²) in [6.45, 7) is 5.23. The van der Waals surface area contributed by atoms with Gasteiger partial charge in [0, 0.05) is 18.5 Å². The van der Waals surface area contributed by atoms with E-state index in [4.69, 9.17) is 15.6 Å². The third-order valence-electron chi connectivity index (χ3n) is 2.06. The first-order valence-electron chi connectivity index (χ1n) is 5.66. The minimum absolute atomic E-state index is 0.0315. The maximum Gasteiger partial charge on any atom is 0.333 e. The summed E-state index contributed by atoms with van der Waals surface area (Å²) >= 11 is 0. The monoisotopic (exact) mass is 273 g/mol. The molecule has 0 aliphatic carbocycles. The lowest BCUT2D eigenvalue weighted by Gasteiger charge is -2.14. The summed E-state index contributed by atoms with van der Waals surface area (Å²) in [5, 5.41) is 8.85. The van der Waals surface area contributed by atoms with Gasteiger partial charge in [-0.1, -0.05) is 6.58 Å². The Bertz CT molecular complexity index is 356. The largest absolute Gasteiger partial charge is 0.480 e. The summed E-state index contributed by atoms with van der Waals surface area (Å²) in [6.07, 6.45) is 0.0412. The standard InChI is InChI=1S/C11H19N3O5/c1-7(2)11(18)19-6-5-13-14-8(10(16)17)3-4-9(12)15/h8,13-14H,1,3-6H2,2H3,(H2,12,15)(H,16,17)/t8-/m0/s1. The van der Waals surface area contributed by atoms with Gasteiger partial charge in [0.15, 0.2) is 0 Å². The van der Waals surface area contributed by atoms with Gasteiger partial charge in [0.1, 0.15) is 12.6 Å². The van der Waals surface area contributed by atoms with Crippen LogP contribution in [0.1, 0.15) is 19.8 Å². The molecule has 0 saturated heterocycles. The van der Waals surface area contributed by atoms with Crippen LogP contribution in [-0.2, 0) is 19.1 Å². The smallest absolute Gasteiger partial charge is 0.333 e. The number of hydrogen-bond donors (Lipinski definition) is 4. The van der Waals surface area contributed by atoms with Gasteiger partial charge in [-0.2, -0.15) is 0 Å². The average Bonchev–Trinajstić information content (AvgIpc) is 2.31. The lowest BCUT2D eigenvalue weighted by molar-refractivity contribution is -0.141. The van der Waals surface area contributed by atoms with Crippen LogP contribution < -0.4 is 16.6 Å². The zero-order chi connectivity index (χ0) is 14.8. The zero-order valence-corrected chi connectivity index (χ0v) is 10.8. The normalized spacial score (nSPS) is 11.6. The number of carboxylic acid groups (broad SMARTS) is 1. The third kappa shape index (κ3) is 8.75. The van der Waals surface area contributed by atoms with E-state index in [0.29, 0.717) is 0 Å². The molecule has 19 heavy (non-hydrogen) atoms. The van der Waals surface area contributed by atoms with Crippen molar-refractivity contribution in [2.75, 3.05) is 13.2 Å². The predicted octanol–water partition coefficient (Wildman–Crippen LogP) is -1.08. The first-order chi connectivity index (χ1) is 8.84. The third-order valence-corrected chi connectivity index (χ3v) is 2.06. The molecular formula is C11H19N3O5. The number of ether oxygens (including phenoxy) is 1. The molecule has 0 rings (SSSR count). The quantitative estimate of drug-likeness (QED) is 0.172. The molecule has 0 aromatic rings. The van der Waals surface area contributed by atoms with E-state index in [2.05, 4.69) is 17.4 Å². The number of hydrogen-bond acceptors (Lipinski definition) is 6. The summed E-state index contributed by atoms with van der Waals surface area (Å²) in [7, 11) is 0. The Morgan fingerprint density at radius 3 is 2.53 bits per heavy atom. The molecule has 0 unspecified atom stereocenters. The lowest BCUT2D eigenvalue weighted by atomic mass is 10.1. The fourth-order valence-electron chi connectivity index (χ4n) is 1.06. The number of carbonyl (C=O) groups is 3. The molecule has 108 valence electrons. The van der Waals surface area contributed by atoms with E-state index < -0.39 is 23.9 Å². The average molecular weight is 273 g/mol. The minimum Gasteiger partial charge on any atom is -0.480 e. The van der Waals surface area contributed by atoms with Gasteiger partial charge >= 0.3 is 11.9 Å². The Labute approximate surface area is 111 Å². The first-order valence-corrected chi connectivity index (χ1v) is 5.66. The molecule has 8 heteroatoms. The second-order valence-corrected chi connectivity index (χ2v) is 3.88. The van der Waals surface area contributed by atoms with Crippen molar-refractivity contribution >= 4 is 17.8 Å². The molecule has 0 bridgehead atoms. The van der Waals surface area contributed by atoms with E-state index in [1.807, 2.05) is 0 Å². The Balaban J connectivity index is 3.81. The first kappa shape index (κ1) is 17.1. The van der Waals surface area contributed by atoms with Gasteiger partial charge in [-0.15, -0.1) is 0 Å². The molecule has 0 fully saturated rings. The fraction of sp³-hybridized carbons (Fsp3) is 0.545. The van der Waals surface area contributed by atoms with Gasteiger partial charge in [-0.25, -0.2) is 10.2 Å². The van der Waals surface area contributed by atoms with Crippen LogP contribution in [0.25, 0.3) is 0 Å². The van der Waals surface area contributed by atoms with E-state index in [1.54, 1.807) is 0 Å². The second-order valence-electron chi connectivity index (χ2n) is 3.88. The molecule has 0 saturated carbocycles. The van der Waals surface area contributed by atoms with Gasteiger partial charge in [-0.05, 0) is 13.3 Å². The van der Waals surface area contributed by atoms with Crippen LogP contribution in [-0.4, -0.2) is 42.1 Å². The van der Waals surface area contributed by atoms with Crippen molar-refractivity contribution in [2.24, 2.45) is 5.73 Å². The summed E-state index contributed by atoms with van der Waals surface area (Å²) in [6, 6.07) is -0.940. The van der Waals surface area contributed by atoms with Crippen LogP contribution in [0.4, 0.5) is 0 Å². The minimum atomic E-state index is -1.10. The van der Waals surface area contributed by atoms with Crippen LogP contribution in [0.5, 0.6) is 0 Å². The van der Waals surface area contributed by atoms with Gasteiger partial charge in [0.05, 0.1) is 0 Å². The molecule has 0 heterocycles. The second kappa shape index (κ2) is 9.06. The molecule has 0 spiro atoms. The molecule has 5 N–H and O–H groups in total. The van der Waals surface area contributed by atoms with Gasteiger partial charge < -0.3 is 15.6 Å². The van der Waals surface area contributed by atoms with Crippen molar-refractivity contribution < 1.29 is 24.2 Å². The maximum atomic E-state index is 11.0. The number of amides is 1. The van der Waals surface area contributed by atoms with Crippen molar-refractivity contribution in [3.8, 4) is 0 Å². The highest BCUT2D eigenvalue weighted by molar-refractivity contribution is 5.86. The van der Waals surface area contributed by atoms with Crippen molar-refractivity contribution in [1.82, 2.24) is 10.9 Å². The number of aliphatic carboxylic acids is 1. The molecule has 1 amide bonds. The molecule has 0 aliphatic heterocycles. The van der Waals surface area contributed by atoms with E-state index in [0.717, 1.165) is 0 Å². The number of nitrogens with two attached hydrogens (primary N) is 1. The summed E-state index contributed by atoms with van der Waals surface area (Å²) in [4.78, 5) is 32.4. The lowest BCUT2D eigenvalue weighted by Crippen LogP contribution is -2.47. The summed E-state index contributed by atoms with van der Waals surface area (Å²) in [5.41, 5.74) is 10.3. The number of carbonyl (C=O) groups excluding carboxylic acids is 2. The SMILES string of the molecule is C=C(C)C(=O)OCCNN[C@@H](CCC(N)=O)C(=O)O. The number of rotatable bonds is 10. The molecule has 0 aliphatic rings. The van der Waals surface area contributed by atoms with E-state index in [1.165, 1.54) is 6.92 Å². The maximum absolute atomic E-state index is 11.0. The molecule has 0 aromatic carbocycles. The summed E-state index contributed by atoms with van der Waals surface area (Å²) < 4.78 is 4.78. The van der Waals surface area contributed by atoms with Crippen LogP contribution >= 0.6 is 0 Å². The number of hydrazine groups is 1. The molecule has 8 nitrogen and oxygen atoms in total. The Morgan fingerprint density at radius 1 is 1.42 bits per heavy atom. The van der Waals surface area contributed by atoms with E-state index in [9.17, 15) is 14.4 Å². The van der Waals surface area contributed by atoms with Crippen LogP contribution in [0.3, 0.4) is 0 Å². The van der Waals surface area contributed by atoms with Gasteiger partial charge in [-0.3, -0.25) is 15.0 Å². The van der Waals surface area contributed by atoms with Crippen LogP contribution in [0.2, 0.25) is 0 Å². The van der Waals surface area contributed by atoms with E-state index >= 15 is 0 Å². The molecule has 0 aromatic heterocycles.